The van der Waals surface area contributed by atoms with E-state index in [0.717, 1.165) is 0 Å². The molecule has 0 N–H and O–H groups in total. The number of rotatable bonds is 2. The van der Waals surface area contributed by atoms with E-state index in [0.29, 0.717) is 35.5 Å². The van der Waals surface area contributed by atoms with E-state index in [2.05, 4.69) is 0 Å². The number of methoxy groups -OCH3 is 1. The highest BCUT2D eigenvalue weighted by Gasteiger charge is 2.28. The first-order valence-corrected chi connectivity index (χ1v) is 6.79. The summed E-state index contributed by atoms with van der Waals surface area (Å²) in [6, 6.07) is 14.3. The second kappa shape index (κ2) is 5.40. The van der Waals surface area contributed by atoms with Gasteiger partial charge >= 0.3 is 0 Å². The Morgan fingerprint density at radius 3 is 2.62 bits per heavy atom. The van der Waals surface area contributed by atoms with Gasteiger partial charge in [0.25, 0.3) is 5.91 Å². The monoisotopic (exact) mass is 281 g/mol. The zero-order chi connectivity index (χ0) is 14.8. The van der Waals surface area contributed by atoms with Gasteiger partial charge in [-0.1, -0.05) is 18.2 Å². The van der Waals surface area contributed by atoms with Gasteiger partial charge < -0.3 is 9.64 Å². The molecule has 2 aromatic rings. The zero-order valence-corrected chi connectivity index (χ0v) is 11.7. The van der Waals surface area contributed by atoms with Gasteiger partial charge in [-0.3, -0.25) is 9.59 Å². The Bertz CT molecular complexity index is 694. The second-order valence-corrected chi connectivity index (χ2v) is 4.88. The largest absolute Gasteiger partial charge is 0.497 e. The third-order valence-corrected chi connectivity index (χ3v) is 3.62. The fourth-order valence-electron chi connectivity index (χ4n) is 2.51. The van der Waals surface area contributed by atoms with Crippen molar-refractivity contribution in [1.29, 1.82) is 0 Å². The molecule has 0 unspecified atom stereocenters. The molecule has 1 heterocycles. The van der Waals surface area contributed by atoms with Gasteiger partial charge in [0, 0.05) is 30.2 Å². The molecule has 0 atom stereocenters. The van der Waals surface area contributed by atoms with Crippen molar-refractivity contribution < 1.29 is 14.3 Å². The number of amides is 1. The quantitative estimate of drug-likeness (QED) is 0.850. The first kappa shape index (κ1) is 13.4. The van der Waals surface area contributed by atoms with Gasteiger partial charge in [-0.05, 0) is 24.3 Å². The molecule has 2 aromatic carbocycles. The van der Waals surface area contributed by atoms with Gasteiger partial charge in [-0.15, -0.1) is 0 Å². The van der Waals surface area contributed by atoms with Crippen molar-refractivity contribution in [3.63, 3.8) is 0 Å². The fourth-order valence-corrected chi connectivity index (χ4v) is 2.51. The van der Waals surface area contributed by atoms with E-state index >= 15 is 0 Å². The number of hydrogen-bond donors (Lipinski definition) is 0. The van der Waals surface area contributed by atoms with Crippen molar-refractivity contribution in [3.8, 4) is 5.75 Å². The minimum Gasteiger partial charge on any atom is -0.497 e. The summed E-state index contributed by atoms with van der Waals surface area (Å²) in [6.07, 6.45) is 0.345. The van der Waals surface area contributed by atoms with Gasteiger partial charge in [0.2, 0.25) is 0 Å². The molecule has 0 spiro atoms. The lowest BCUT2D eigenvalue weighted by Gasteiger charge is -2.29. The average molecular weight is 281 g/mol. The molecule has 0 saturated carbocycles. The third kappa shape index (κ3) is 2.40. The summed E-state index contributed by atoms with van der Waals surface area (Å²) in [5.74, 6) is 0.594. The van der Waals surface area contributed by atoms with Crippen molar-refractivity contribution in [2.24, 2.45) is 0 Å². The Hall–Kier alpha value is -2.62. The van der Waals surface area contributed by atoms with E-state index < -0.39 is 0 Å². The van der Waals surface area contributed by atoms with Crippen LogP contribution in [-0.2, 0) is 0 Å². The van der Waals surface area contributed by atoms with Gasteiger partial charge in [0.05, 0.1) is 12.8 Å². The number of nitrogens with zero attached hydrogens (tertiary/aromatic N) is 1. The van der Waals surface area contributed by atoms with Crippen LogP contribution in [0.4, 0.5) is 5.69 Å². The maximum absolute atomic E-state index is 12.6. The van der Waals surface area contributed by atoms with Crippen LogP contribution in [0.25, 0.3) is 0 Å². The van der Waals surface area contributed by atoms with Crippen molar-refractivity contribution in [1.82, 2.24) is 0 Å². The number of carbonyl (C=O) groups is 2. The standard InChI is InChI=1S/C17H15NO3/c1-21-13-7-8-14-15(11-13)18(10-9-16(14)19)17(20)12-5-3-2-4-6-12/h2-8,11H,9-10H2,1H3. The molecule has 0 aromatic heterocycles. The Morgan fingerprint density at radius 1 is 1.14 bits per heavy atom. The molecular formula is C17H15NO3. The molecule has 1 amide bonds. The van der Waals surface area contributed by atoms with Gasteiger partial charge in [-0.2, -0.15) is 0 Å². The molecule has 0 aliphatic carbocycles. The van der Waals surface area contributed by atoms with Crippen molar-refractivity contribution in [2.75, 3.05) is 18.6 Å². The van der Waals surface area contributed by atoms with Gasteiger partial charge in [0.15, 0.2) is 5.78 Å². The Kier molecular flexibility index (Phi) is 3.44. The molecule has 4 heteroatoms. The van der Waals surface area contributed by atoms with E-state index in [1.807, 2.05) is 18.2 Å². The minimum atomic E-state index is -0.0994. The molecular weight excluding hydrogens is 266 g/mol. The van der Waals surface area contributed by atoms with E-state index in [-0.39, 0.29) is 11.7 Å². The number of anilines is 1. The average Bonchev–Trinajstić information content (AvgIpc) is 2.55. The highest BCUT2D eigenvalue weighted by molar-refractivity contribution is 6.13. The summed E-state index contributed by atoms with van der Waals surface area (Å²) in [6.45, 7) is 0.396. The van der Waals surface area contributed by atoms with Crippen molar-refractivity contribution in [2.45, 2.75) is 6.42 Å². The lowest BCUT2D eigenvalue weighted by atomic mass is 9.99. The highest BCUT2D eigenvalue weighted by Crippen LogP contribution is 2.31. The Labute approximate surface area is 123 Å². The number of ether oxygens (including phenoxy) is 1. The summed E-state index contributed by atoms with van der Waals surface area (Å²) < 4.78 is 5.20. The van der Waals surface area contributed by atoms with Gasteiger partial charge in [0.1, 0.15) is 5.75 Å². The predicted octanol–water partition coefficient (Wildman–Crippen LogP) is 2.93. The number of ketones is 1. The van der Waals surface area contributed by atoms with E-state index in [9.17, 15) is 9.59 Å². The second-order valence-electron chi connectivity index (χ2n) is 4.88. The van der Waals surface area contributed by atoms with Crippen LogP contribution < -0.4 is 9.64 Å². The van der Waals surface area contributed by atoms with Crippen LogP contribution in [0.2, 0.25) is 0 Å². The number of Topliss-reactive ketones (excluding diaryl/α,β-unsaturated/α-hetero) is 1. The first-order valence-electron chi connectivity index (χ1n) is 6.79. The SMILES string of the molecule is COc1ccc2c(c1)N(C(=O)c1ccccc1)CCC2=O. The van der Waals surface area contributed by atoms with Crippen LogP contribution >= 0.6 is 0 Å². The highest BCUT2D eigenvalue weighted by atomic mass is 16.5. The van der Waals surface area contributed by atoms with Crippen molar-refractivity contribution >= 4 is 17.4 Å². The molecule has 106 valence electrons. The predicted molar refractivity (Wildman–Crippen MR) is 80.1 cm³/mol. The van der Waals surface area contributed by atoms with Crippen LogP contribution in [0.15, 0.2) is 48.5 Å². The fraction of sp³-hybridized carbons (Fsp3) is 0.176. The van der Waals surface area contributed by atoms with Crippen LogP contribution in [0.1, 0.15) is 27.1 Å². The van der Waals surface area contributed by atoms with Gasteiger partial charge in [-0.25, -0.2) is 0 Å². The molecule has 0 bridgehead atoms. The molecule has 0 saturated heterocycles. The summed E-state index contributed by atoms with van der Waals surface area (Å²) in [5, 5.41) is 0. The number of hydrogen-bond acceptors (Lipinski definition) is 3. The number of fused-ring (bicyclic) bond motifs is 1. The van der Waals surface area contributed by atoms with E-state index in [1.54, 1.807) is 42.3 Å². The van der Waals surface area contributed by atoms with E-state index in [1.165, 1.54) is 0 Å². The zero-order valence-electron chi connectivity index (χ0n) is 11.7. The molecule has 0 fully saturated rings. The number of carbonyl (C=O) groups excluding carboxylic acids is 2. The van der Waals surface area contributed by atoms with E-state index in [4.69, 9.17) is 4.74 Å². The molecule has 1 aliphatic rings. The third-order valence-electron chi connectivity index (χ3n) is 3.62. The molecule has 21 heavy (non-hydrogen) atoms. The Balaban J connectivity index is 2.04. The molecule has 1 aliphatic heterocycles. The summed E-state index contributed by atoms with van der Waals surface area (Å²) >= 11 is 0. The summed E-state index contributed by atoms with van der Waals surface area (Å²) in [5.41, 5.74) is 1.81. The number of benzene rings is 2. The normalized spacial score (nSPS) is 13.8. The smallest absolute Gasteiger partial charge is 0.258 e. The molecule has 3 rings (SSSR count). The lowest BCUT2D eigenvalue weighted by molar-refractivity contribution is 0.0955. The maximum atomic E-state index is 12.6. The Morgan fingerprint density at radius 2 is 1.90 bits per heavy atom. The van der Waals surface area contributed by atoms with Crippen LogP contribution in [-0.4, -0.2) is 25.3 Å². The first-order chi connectivity index (χ1) is 10.2. The summed E-state index contributed by atoms with van der Waals surface area (Å²) in [7, 11) is 1.57. The van der Waals surface area contributed by atoms with Crippen LogP contribution in [0.5, 0.6) is 5.75 Å². The minimum absolute atomic E-state index is 0.0600. The van der Waals surface area contributed by atoms with Crippen molar-refractivity contribution in [3.05, 3.63) is 59.7 Å². The molecule has 4 nitrogen and oxygen atoms in total. The summed E-state index contributed by atoms with van der Waals surface area (Å²) in [4.78, 5) is 26.3. The lowest BCUT2D eigenvalue weighted by Crippen LogP contribution is -2.37. The van der Waals surface area contributed by atoms with Crippen LogP contribution in [0, 0.1) is 0 Å². The molecule has 0 radical (unpaired) electrons. The van der Waals surface area contributed by atoms with Crippen LogP contribution in [0.3, 0.4) is 0 Å². The topological polar surface area (TPSA) is 46.6 Å². The maximum Gasteiger partial charge on any atom is 0.258 e.